The monoisotopic (exact) mass is 399 g/mol. The second kappa shape index (κ2) is 9.41. The molecule has 0 bridgehead atoms. The number of hydrogen-bond donors (Lipinski definition) is 0. The molecule has 2 heterocycles. The molecule has 0 amide bonds. The second-order valence-corrected chi connectivity index (χ2v) is 7.36. The van der Waals surface area contributed by atoms with E-state index in [0.717, 1.165) is 27.6 Å². The summed E-state index contributed by atoms with van der Waals surface area (Å²) in [6, 6.07) is 9.55. The molecule has 0 unspecified atom stereocenters. The van der Waals surface area contributed by atoms with Crippen LogP contribution in [-0.2, 0) is 0 Å². The van der Waals surface area contributed by atoms with Crippen LogP contribution in [0.15, 0.2) is 56.5 Å². The summed E-state index contributed by atoms with van der Waals surface area (Å²) in [7, 11) is 1.64. The van der Waals surface area contributed by atoms with Gasteiger partial charge in [-0.1, -0.05) is 13.8 Å². The van der Waals surface area contributed by atoms with Gasteiger partial charge in [-0.3, -0.25) is 4.99 Å². The van der Waals surface area contributed by atoms with E-state index in [2.05, 4.69) is 23.9 Å². The molecule has 148 valence electrons. The van der Waals surface area contributed by atoms with Crippen molar-refractivity contribution in [2.75, 3.05) is 20.3 Å². The zero-order valence-electron chi connectivity index (χ0n) is 16.6. The maximum Gasteiger partial charge on any atom is 0.206 e. The summed E-state index contributed by atoms with van der Waals surface area (Å²) in [4.78, 5) is 5.33. The number of benzene rings is 1. The van der Waals surface area contributed by atoms with Crippen molar-refractivity contribution in [3.8, 4) is 23.0 Å². The van der Waals surface area contributed by atoms with Gasteiger partial charge in [0.25, 0.3) is 0 Å². The number of methoxy groups -OCH3 is 1. The predicted octanol–water partition coefficient (Wildman–Crippen LogP) is 4.66. The second-order valence-electron chi connectivity index (χ2n) is 6.53. The molecule has 0 saturated heterocycles. The van der Waals surface area contributed by atoms with Gasteiger partial charge >= 0.3 is 0 Å². The Morgan fingerprint density at radius 3 is 2.79 bits per heavy atom. The zero-order valence-corrected chi connectivity index (χ0v) is 17.4. The summed E-state index contributed by atoms with van der Waals surface area (Å²) < 4.78 is 18.6. The van der Waals surface area contributed by atoms with Gasteiger partial charge in [0.2, 0.25) is 4.80 Å². The number of aromatic nitrogens is 1. The van der Waals surface area contributed by atoms with Crippen molar-refractivity contribution < 1.29 is 13.9 Å². The van der Waals surface area contributed by atoms with Gasteiger partial charge in [0.1, 0.15) is 5.69 Å². The quantitative estimate of drug-likeness (QED) is 0.518. The number of furan rings is 1. The molecule has 2 aromatic heterocycles. The molecular formula is C21H25N3O3S. The Morgan fingerprint density at radius 2 is 2.11 bits per heavy atom. The van der Waals surface area contributed by atoms with Crippen molar-refractivity contribution in [2.24, 2.45) is 16.0 Å². The molecule has 28 heavy (non-hydrogen) atoms. The van der Waals surface area contributed by atoms with E-state index in [1.54, 1.807) is 24.3 Å². The predicted molar refractivity (Wildman–Crippen MR) is 112 cm³/mol. The lowest BCUT2D eigenvalue weighted by Gasteiger charge is -2.12. The number of rotatable bonds is 8. The highest BCUT2D eigenvalue weighted by Gasteiger charge is 2.10. The van der Waals surface area contributed by atoms with E-state index in [4.69, 9.17) is 13.9 Å². The van der Waals surface area contributed by atoms with Crippen molar-refractivity contribution in [1.82, 2.24) is 4.68 Å². The Morgan fingerprint density at radius 1 is 1.25 bits per heavy atom. The van der Waals surface area contributed by atoms with E-state index in [1.807, 2.05) is 42.6 Å². The first-order valence-corrected chi connectivity index (χ1v) is 10.1. The van der Waals surface area contributed by atoms with E-state index in [-0.39, 0.29) is 0 Å². The molecule has 0 atom stereocenters. The Hall–Kier alpha value is -2.80. The average molecular weight is 400 g/mol. The zero-order chi connectivity index (χ0) is 19.9. The van der Waals surface area contributed by atoms with Crippen LogP contribution in [0.4, 0.5) is 0 Å². The van der Waals surface area contributed by atoms with Crippen LogP contribution in [0.1, 0.15) is 26.3 Å². The average Bonchev–Trinajstić information content (AvgIpc) is 3.35. The summed E-state index contributed by atoms with van der Waals surface area (Å²) in [5, 5.41) is 6.64. The fourth-order valence-corrected chi connectivity index (χ4v) is 3.40. The number of hydrogen-bond acceptors (Lipinski definition) is 6. The van der Waals surface area contributed by atoms with E-state index in [1.165, 1.54) is 11.3 Å². The van der Waals surface area contributed by atoms with Gasteiger partial charge in [0.15, 0.2) is 17.3 Å². The lowest BCUT2D eigenvalue weighted by atomic mass is 10.2. The smallest absolute Gasteiger partial charge is 0.206 e. The van der Waals surface area contributed by atoms with Crippen LogP contribution in [0.25, 0.3) is 11.5 Å². The first-order valence-electron chi connectivity index (χ1n) is 9.22. The molecule has 3 rings (SSSR count). The lowest BCUT2D eigenvalue weighted by molar-refractivity contribution is 0.257. The summed E-state index contributed by atoms with van der Waals surface area (Å²) >= 11 is 1.53. The van der Waals surface area contributed by atoms with Crippen LogP contribution in [0.2, 0.25) is 0 Å². The van der Waals surface area contributed by atoms with Crippen LogP contribution in [0.3, 0.4) is 0 Å². The standard InChI is InChI=1S/C21H25N3O3S/c1-5-22-21-24(17(14-28-21)18-7-6-10-26-18)23-12-16-8-9-19(20(11-16)25-4)27-13-15(2)3/h6-12,14-15H,5,13H2,1-4H3. The van der Waals surface area contributed by atoms with Crippen molar-refractivity contribution in [2.45, 2.75) is 20.8 Å². The molecule has 0 N–H and O–H groups in total. The molecule has 0 aliphatic carbocycles. The third kappa shape index (κ3) is 4.72. The molecular weight excluding hydrogens is 374 g/mol. The fraction of sp³-hybridized carbons (Fsp3) is 0.333. The van der Waals surface area contributed by atoms with Crippen molar-refractivity contribution in [3.63, 3.8) is 0 Å². The first kappa shape index (κ1) is 19.9. The maximum atomic E-state index is 5.81. The van der Waals surface area contributed by atoms with Gasteiger partial charge in [-0.25, -0.2) is 4.68 Å². The maximum absolute atomic E-state index is 5.81. The van der Waals surface area contributed by atoms with E-state index in [0.29, 0.717) is 24.8 Å². The third-order valence-corrected chi connectivity index (χ3v) is 4.69. The van der Waals surface area contributed by atoms with E-state index < -0.39 is 0 Å². The van der Waals surface area contributed by atoms with Gasteiger partial charge in [-0.15, -0.1) is 11.3 Å². The number of ether oxygens (including phenoxy) is 2. The van der Waals surface area contributed by atoms with Gasteiger partial charge in [0.05, 0.1) is 26.2 Å². The van der Waals surface area contributed by atoms with Crippen LogP contribution >= 0.6 is 11.3 Å². The topological polar surface area (TPSA) is 61.2 Å². The van der Waals surface area contributed by atoms with Gasteiger partial charge in [-0.2, -0.15) is 5.10 Å². The first-order chi connectivity index (χ1) is 13.6. The molecule has 6 nitrogen and oxygen atoms in total. The molecule has 1 aromatic carbocycles. The van der Waals surface area contributed by atoms with Crippen LogP contribution in [0.5, 0.6) is 11.5 Å². The highest BCUT2D eigenvalue weighted by Crippen LogP contribution is 2.28. The Balaban J connectivity index is 1.91. The summed E-state index contributed by atoms with van der Waals surface area (Å²) in [5.41, 5.74) is 1.77. The molecule has 0 fully saturated rings. The van der Waals surface area contributed by atoms with Gasteiger partial charge in [0, 0.05) is 11.9 Å². The normalized spacial score (nSPS) is 12.2. The Kier molecular flexibility index (Phi) is 6.71. The highest BCUT2D eigenvalue weighted by molar-refractivity contribution is 7.07. The van der Waals surface area contributed by atoms with Crippen LogP contribution < -0.4 is 14.3 Å². The summed E-state index contributed by atoms with van der Waals surface area (Å²) in [6.45, 7) is 7.55. The number of thiazole rings is 1. The van der Waals surface area contributed by atoms with E-state index >= 15 is 0 Å². The van der Waals surface area contributed by atoms with Crippen molar-refractivity contribution >= 4 is 17.6 Å². The molecule has 0 saturated carbocycles. The SMILES string of the molecule is CCN=c1scc(-c2ccco2)n1N=Cc1ccc(OCC(C)C)c(OC)c1. The molecule has 0 radical (unpaired) electrons. The minimum absolute atomic E-state index is 0.446. The van der Waals surface area contributed by atoms with Gasteiger partial charge < -0.3 is 13.9 Å². The Bertz CT molecular complexity index is 985. The molecule has 0 spiro atoms. The highest BCUT2D eigenvalue weighted by atomic mass is 32.1. The minimum atomic E-state index is 0.446. The molecule has 0 aliphatic heterocycles. The van der Waals surface area contributed by atoms with Gasteiger partial charge in [-0.05, 0) is 48.7 Å². The van der Waals surface area contributed by atoms with Crippen LogP contribution in [-0.4, -0.2) is 31.2 Å². The van der Waals surface area contributed by atoms with Crippen molar-refractivity contribution in [1.29, 1.82) is 0 Å². The summed E-state index contributed by atoms with van der Waals surface area (Å²) in [6.07, 6.45) is 3.43. The van der Waals surface area contributed by atoms with E-state index in [9.17, 15) is 0 Å². The molecule has 0 aliphatic rings. The Labute approximate surface area is 168 Å². The molecule has 3 aromatic rings. The largest absolute Gasteiger partial charge is 0.493 e. The minimum Gasteiger partial charge on any atom is -0.493 e. The number of nitrogens with zero attached hydrogens (tertiary/aromatic N) is 3. The lowest BCUT2D eigenvalue weighted by Crippen LogP contribution is -2.12. The summed E-state index contributed by atoms with van der Waals surface area (Å²) in [5.74, 6) is 2.61. The van der Waals surface area contributed by atoms with Crippen molar-refractivity contribution in [3.05, 3.63) is 52.3 Å². The molecule has 7 heteroatoms. The third-order valence-electron chi connectivity index (χ3n) is 3.83. The van der Waals surface area contributed by atoms with Crippen LogP contribution in [0, 0.1) is 5.92 Å². The fourth-order valence-electron chi connectivity index (χ4n) is 2.51.